The Morgan fingerprint density at radius 1 is 1.14 bits per heavy atom. The lowest BCUT2D eigenvalue weighted by molar-refractivity contribution is -0.124. The second kappa shape index (κ2) is 10.2. The molecule has 1 unspecified atom stereocenters. The van der Waals surface area contributed by atoms with Gasteiger partial charge >= 0.3 is 5.92 Å². The zero-order valence-corrected chi connectivity index (χ0v) is 19.4. The number of benzene rings is 1. The van der Waals surface area contributed by atoms with Crippen LogP contribution in [0.5, 0.6) is 0 Å². The molecule has 0 spiro atoms. The topological polar surface area (TPSA) is 88.1 Å². The van der Waals surface area contributed by atoms with Gasteiger partial charge in [-0.15, -0.1) is 0 Å². The number of halogens is 4. The molecule has 1 saturated heterocycles. The highest BCUT2D eigenvalue weighted by Gasteiger charge is 2.35. The van der Waals surface area contributed by atoms with E-state index in [-0.39, 0.29) is 17.8 Å². The van der Waals surface area contributed by atoms with Crippen molar-refractivity contribution >= 4 is 16.9 Å². The van der Waals surface area contributed by atoms with Crippen LogP contribution in [0.25, 0.3) is 11.3 Å². The first-order chi connectivity index (χ1) is 16.6. The SMILES string of the molecule is CC(F)(F)c1ncc(-c2cc(CNC(=O)[C@@H]3CCCN3S(=O)c3ccc(F)cc3)c(F)cn2)cn1. The smallest absolute Gasteiger partial charge is 0.303 e. The molecule has 2 atom stereocenters. The van der Waals surface area contributed by atoms with Crippen LogP contribution in [0.1, 0.15) is 31.2 Å². The second-order valence-electron chi connectivity index (χ2n) is 8.06. The largest absolute Gasteiger partial charge is 0.351 e. The van der Waals surface area contributed by atoms with Crippen LogP contribution in [-0.2, 0) is 28.2 Å². The van der Waals surface area contributed by atoms with Gasteiger partial charge in [-0.3, -0.25) is 9.78 Å². The Morgan fingerprint density at radius 3 is 2.49 bits per heavy atom. The molecule has 3 heterocycles. The Hall–Kier alpha value is -3.25. The van der Waals surface area contributed by atoms with Crippen molar-refractivity contribution in [2.75, 3.05) is 6.54 Å². The molecule has 184 valence electrons. The number of amides is 1. The molecule has 1 amide bonds. The lowest BCUT2D eigenvalue weighted by Gasteiger charge is -2.22. The van der Waals surface area contributed by atoms with Crippen molar-refractivity contribution in [3.05, 3.63) is 71.9 Å². The fourth-order valence-corrected chi connectivity index (χ4v) is 5.01. The minimum atomic E-state index is -3.20. The minimum absolute atomic E-state index is 0.123. The third-order valence-corrected chi connectivity index (χ3v) is 7.00. The summed E-state index contributed by atoms with van der Waals surface area (Å²) >= 11 is 0. The maximum atomic E-state index is 14.4. The molecule has 35 heavy (non-hydrogen) atoms. The molecular weight excluding hydrogens is 486 g/mol. The highest BCUT2D eigenvalue weighted by atomic mass is 32.2. The van der Waals surface area contributed by atoms with Gasteiger partial charge in [-0.1, -0.05) is 0 Å². The Balaban J connectivity index is 1.44. The number of nitrogens with one attached hydrogen (secondary N) is 1. The summed E-state index contributed by atoms with van der Waals surface area (Å²) in [6.07, 6.45) is 4.41. The third-order valence-electron chi connectivity index (χ3n) is 5.46. The summed E-state index contributed by atoms with van der Waals surface area (Å²) < 4.78 is 68.6. The number of pyridine rings is 1. The molecule has 1 aromatic carbocycles. The summed E-state index contributed by atoms with van der Waals surface area (Å²) in [4.78, 5) is 24.4. The Labute approximate surface area is 201 Å². The Bertz CT molecular complexity index is 1240. The lowest BCUT2D eigenvalue weighted by Crippen LogP contribution is -2.43. The van der Waals surface area contributed by atoms with E-state index in [0.717, 1.165) is 6.20 Å². The van der Waals surface area contributed by atoms with Gasteiger partial charge in [0.15, 0.2) is 5.82 Å². The van der Waals surface area contributed by atoms with Crippen molar-refractivity contribution in [2.24, 2.45) is 0 Å². The Kier molecular flexibility index (Phi) is 7.22. The number of aromatic nitrogens is 3. The van der Waals surface area contributed by atoms with Crippen LogP contribution in [-0.4, -0.2) is 42.0 Å². The maximum Gasteiger partial charge on any atom is 0.303 e. The monoisotopic (exact) mass is 507 g/mol. The number of hydrogen-bond donors (Lipinski definition) is 1. The van der Waals surface area contributed by atoms with E-state index in [1.807, 2.05) is 0 Å². The van der Waals surface area contributed by atoms with Gasteiger partial charge in [0.1, 0.15) is 28.7 Å². The summed E-state index contributed by atoms with van der Waals surface area (Å²) in [6, 6.07) is 5.90. The number of alkyl halides is 2. The van der Waals surface area contributed by atoms with Gasteiger partial charge in [0.2, 0.25) is 5.91 Å². The molecule has 7 nitrogen and oxygen atoms in total. The highest BCUT2D eigenvalue weighted by molar-refractivity contribution is 7.82. The molecule has 3 aromatic rings. The first-order valence-corrected chi connectivity index (χ1v) is 11.8. The van der Waals surface area contributed by atoms with E-state index in [1.165, 1.54) is 47.0 Å². The molecular formula is C23H21F4N5O2S. The van der Waals surface area contributed by atoms with Gasteiger partial charge in [-0.2, -0.15) is 8.78 Å². The van der Waals surface area contributed by atoms with Crippen LogP contribution >= 0.6 is 0 Å². The molecule has 1 fully saturated rings. The summed E-state index contributed by atoms with van der Waals surface area (Å²) in [6.45, 7) is 0.932. The van der Waals surface area contributed by atoms with Crippen LogP contribution in [0, 0.1) is 11.6 Å². The van der Waals surface area contributed by atoms with Gasteiger partial charge in [-0.25, -0.2) is 27.3 Å². The van der Waals surface area contributed by atoms with Gasteiger partial charge in [0.05, 0.1) is 16.8 Å². The number of rotatable bonds is 7. The van der Waals surface area contributed by atoms with E-state index in [9.17, 15) is 26.6 Å². The normalized spacial score (nSPS) is 17.3. The zero-order valence-electron chi connectivity index (χ0n) is 18.6. The average molecular weight is 508 g/mol. The van der Waals surface area contributed by atoms with Gasteiger partial charge in [0.25, 0.3) is 0 Å². The predicted molar refractivity (Wildman–Crippen MR) is 119 cm³/mol. The minimum Gasteiger partial charge on any atom is -0.351 e. The zero-order chi connectivity index (χ0) is 25.2. The molecule has 1 aliphatic heterocycles. The second-order valence-corrected chi connectivity index (χ2v) is 9.50. The van der Waals surface area contributed by atoms with E-state index in [1.54, 1.807) is 0 Å². The van der Waals surface area contributed by atoms with Gasteiger partial charge < -0.3 is 5.32 Å². The first-order valence-electron chi connectivity index (χ1n) is 10.7. The van der Waals surface area contributed by atoms with Crippen molar-refractivity contribution in [1.82, 2.24) is 24.6 Å². The van der Waals surface area contributed by atoms with E-state index in [2.05, 4.69) is 20.3 Å². The van der Waals surface area contributed by atoms with Crippen molar-refractivity contribution in [1.29, 1.82) is 0 Å². The number of nitrogens with zero attached hydrogens (tertiary/aromatic N) is 4. The highest BCUT2D eigenvalue weighted by Crippen LogP contribution is 2.26. The van der Waals surface area contributed by atoms with E-state index < -0.39 is 46.3 Å². The van der Waals surface area contributed by atoms with Crippen molar-refractivity contribution in [2.45, 2.75) is 43.2 Å². The molecule has 0 radical (unpaired) electrons. The summed E-state index contributed by atoms with van der Waals surface area (Å²) in [7, 11) is -1.65. The van der Waals surface area contributed by atoms with Gasteiger partial charge in [0, 0.05) is 43.5 Å². The van der Waals surface area contributed by atoms with Crippen LogP contribution in [0.2, 0.25) is 0 Å². The van der Waals surface area contributed by atoms with Crippen molar-refractivity contribution in [3.63, 3.8) is 0 Å². The molecule has 0 bridgehead atoms. The molecule has 4 rings (SSSR count). The molecule has 2 aromatic heterocycles. The quantitative estimate of drug-likeness (QED) is 0.493. The lowest BCUT2D eigenvalue weighted by atomic mass is 10.1. The summed E-state index contributed by atoms with van der Waals surface area (Å²) in [5, 5.41) is 2.66. The fourth-order valence-electron chi connectivity index (χ4n) is 3.65. The summed E-state index contributed by atoms with van der Waals surface area (Å²) in [5.74, 6) is -5.38. The first kappa shape index (κ1) is 24.9. The maximum absolute atomic E-state index is 14.4. The molecule has 0 saturated carbocycles. The van der Waals surface area contributed by atoms with E-state index >= 15 is 0 Å². The number of carbonyl (C=O) groups excluding carboxylic acids is 1. The molecule has 1 N–H and O–H groups in total. The van der Waals surface area contributed by atoms with Crippen LogP contribution in [0.15, 0.2) is 53.8 Å². The summed E-state index contributed by atoms with van der Waals surface area (Å²) in [5.41, 5.74) is 0.682. The standard InChI is InChI=1S/C23H21F4N5O2S/c1-23(26,27)22-30-11-15(12-31-22)19-9-14(18(25)13-28-19)10-29-21(33)20-3-2-8-32(20)35(34)17-6-4-16(24)5-7-17/h4-7,9,11-13,20H,2-3,8,10H2,1H3,(H,29,33)/t20-,35?/m0/s1. The van der Waals surface area contributed by atoms with Crippen molar-refractivity contribution in [3.8, 4) is 11.3 Å². The number of carbonyl (C=O) groups is 1. The van der Waals surface area contributed by atoms with Crippen LogP contribution in [0.3, 0.4) is 0 Å². The molecule has 0 aliphatic carbocycles. The van der Waals surface area contributed by atoms with E-state index in [4.69, 9.17) is 0 Å². The fraction of sp³-hybridized carbons (Fsp3) is 0.304. The average Bonchev–Trinajstić information content (AvgIpc) is 3.33. The molecule has 1 aliphatic rings. The molecule has 12 heteroatoms. The van der Waals surface area contributed by atoms with Gasteiger partial charge in [-0.05, 0) is 43.2 Å². The van der Waals surface area contributed by atoms with Crippen molar-refractivity contribution < 1.29 is 26.6 Å². The number of hydrogen-bond acceptors (Lipinski definition) is 5. The third kappa shape index (κ3) is 5.70. The van der Waals surface area contributed by atoms with E-state index in [0.29, 0.717) is 36.8 Å². The van der Waals surface area contributed by atoms with Crippen LogP contribution < -0.4 is 5.32 Å². The Morgan fingerprint density at radius 2 is 1.83 bits per heavy atom. The van der Waals surface area contributed by atoms with Crippen LogP contribution in [0.4, 0.5) is 17.6 Å². The predicted octanol–water partition coefficient (Wildman–Crippen LogP) is 3.73.